The molecule has 1 aromatic heterocycles. The summed E-state index contributed by atoms with van der Waals surface area (Å²) in [7, 11) is 0. The van der Waals surface area contributed by atoms with Gasteiger partial charge in [0.05, 0.1) is 5.69 Å². The molecule has 0 aliphatic heterocycles. The molecule has 0 saturated carbocycles. The molecule has 2 nitrogen and oxygen atoms in total. The Kier molecular flexibility index (Phi) is 2.69. The molecule has 0 saturated heterocycles. The van der Waals surface area contributed by atoms with Gasteiger partial charge in [0.15, 0.2) is 0 Å². The standard InChI is InChI=1S/C12H13ClN2/c1-2-15-11(7-8-12(15)14)9-5-3-4-6-10(9)13/h3-8H,2,14H2,1H3. The summed E-state index contributed by atoms with van der Waals surface area (Å²) in [5.74, 6) is 0.771. The van der Waals surface area contributed by atoms with E-state index in [2.05, 4.69) is 6.92 Å². The monoisotopic (exact) mass is 220 g/mol. The maximum absolute atomic E-state index is 6.14. The fourth-order valence-electron chi connectivity index (χ4n) is 1.74. The molecule has 0 fully saturated rings. The van der Waals surface area contributed by atoms with E-state index in [0.717, 1.165) is 28.6 Å². The van der Waals surface area contributed by atoms with Crippen molar-refractivity contribution in [3.8, 4) is 11.3 Å². The molecule has 0 unspecified atom stereocenters. The molecule has 0 aliphatic carbocycles. The Balaban J connectivity index is 2.59. The lowest BCUT2D eigenvalue weighted by Gasteiger charge is -2.09. The van der Waals surface area contributed by atoms with Gasteiger partial charge in [0.1, 0.15) is 5.82 Å². The van der Waals surface area contributed by atoms with Gasteiger partial charge in [0, 0.05) is 17.1 Å². The molecular formula is C12H13ClN2. The fraction of sp³-hybridized carbons (Fsp3) is 0.167. The molecule has 78 valence electrons. The third-order valence-electron chi connectivity index (χ3n) is 2.48. The second-order valence-corrected chi connectivity index (χ2v) is 3.77. The van der Waals surface area contributed by atoms with Crippen molar-refractivity contribution in [3.63, 3.8) is 0 Å². The molecule has 3 heteroatoms. The van der Waals surface area contributed by atoms with Crippen LogP contribution in [0.25, 0.3) is 11.3 Å². The summed E-state index contributed by atoms with van der Waals surface area (Å²) in [5, 5.41) is 0.755. The van der Waals surface area contributed by atoms with Crippen LogP contribution in [0.5, 0.6) is 0 Å². The van der Waals surface area contributed by atoms with Crippen molar-refractivity contribution >= 4 is 17.4 Å². The molecule has 0 bridgehead atoms. The number of nitrogens with two attached hydrogens (primary N) is 1. The number of nitrogen functional groups attached to an aromatic ring is 1. The number of benzene rings is 1. The van der Waals surface area contributed by atoms with Crippen LogP contribution in [0.15, 0.2) is 36.4 Å². The van der Waals surface area contributed by atoms with Gasteiger partial charge in [-0.05, 0) is 25.1 Å². The Morgan fingerprint density at radius 2 is 1.93 bits per heavy atom. The van der Waals surface area contributed by atoms with Crippen LogP contribution in [-0.2, 0) is 6.54 Å². The summed E-state index contributed by atoms with van der Waals surface area (Å²) in [6.07, 6.45) is 0. The largest absolute Gasteiger partial charge is 0.385 e. The van der Waals surface area contributed by atoms with Crippen molar-refractivity contribution in [2.45, 2.75) is 13.5 Å². The Labute approximate surface area is 94.3 Å². The summed E-state index contributed by atoms with van der Waals surface area (Å²) < 4.78 is 2.04. The maximum Gasteiger partial charge on any atom is 0.103 e. The number of aromatic nitrogens is 1. The molecule has 0 spiro atoms. The number of hydrogen-bond donors (Lipinski definition) is 1. The highest BCUT2D eigenvalue weighted by molar-refractivity contribution is 6.33. The molecule has 15 heavy (non-hydrogen) atoms. The van der Waals surface area contributed by atoms with Crippen LogP contribution in [0.1, 0.15) is 6.92 Å². The first-order valence-corrected chi connectivity index (χ1v) is 5.31. The van der Waals surface area contributed by atoms with Crippen LogP contribution in [0.3, 0.4) is 0 Å². The second-order valence-electron chi connectivity index (χ2n) is 3.37. The molecule has 0 amide bonds. The van der Waals surface area contributed by atoms with Gasteiger partial charge in [-0.15, -0.1) is 0 Å². The molecule has 2 rings (SSSR count). The summed E-state index contributed by atoms with van der Waals surface area (Å²) in [6.45, 7) is 2.91. The van der Waals surface area contributed by atoms with Gasteiger partial charge in [-0.1, -0.05) is 29.8 Å². The highest BCUT2D eigenvalue weighted by atomic mass is 35.5. The zero-order valence-corrected chi connectivity index (χ0v) is 9.33. The molecule has 0 radical (unpaired) electrons. The molecule has 0 atom stereocenters. The van der Waals surface area contributed by atoms with E-state index in [1.54, 1.807) is 0 Å². The van der Waals surface area contributed by atoms with Crippen LogP contribution in [-0.4, -0.2) is 4.57 Å². The SMILES string of the molecule is CCn1c(N)ccc1-c1ccccc1Cl. The number of anilines is 1. The zero-order chi connectivity index (χ0) is 10.8. The Morgan fingerprint density at radius 1 is 1.20 bits per heavy atom. The van der Waals surface area contributed by atoms with Crippen LogP contribution in [0.2, 0.25) is 5.02 Å². The molecule has 2 N–H and O–H groups in total. The van der Waals surface area contributed by atoms with Gasteiger partial charge in [-0.3, -0.25) is 0 Å². The fourth-order valence-corrected chi connectivity index (χ4v) is 1.97. The minimum Gasteiger partial charge on any atom is -0.385 e. The molecule has 0 aliphatic rings. The van der Waals surface area contributed by atoms with Gasteiger partial charge in [-0.2, -0.15) is 0 Å². The van der Waals surface area contributed by atoms with Crippen LogP contribution >= 0.6 is 11.6 Å². The van der Waals surface area contributed by atoms with Gasteiger partial charge in [-0.25, -0.2) is 0 Å². The first-order chi connectivity index (χ1) is 7.24. The third kappa shape index (κ3) is 1.73. The highest BCUT2D eigenvalue weighted by Gasteiger charge is 2.08. The molecule has 1 aromatic carbocycles. The van der Waals surface area contributed by atoms with Crippen molar-refractivity contribution < 1.29 is 0 Å². The van der Waals surface area contributed by atoms with Crippen LogP contribution in [0, 0.1) is 0 Å². The normalized spacial score (nSPS) is 10.5. The molecule has 1 heterocycles. The van der Waals surface area contributed by atoms with Gasteiger partial charge in [0.2, 0.25) is 0 Å². The number of hydrogen-bond acceptors (Lipinski definition) is 1. The van der Waals surface area contributed by atoms with E-state index in [1.807, 2.05) is 41.0 Å². The zero-order valence-electron chi connectivity index (χ0n) is 8.57. The quantitative estimate of drug-likeness (QED) is 0.826. The lowest BCUT2D eigenvalue weighted by atomic mass is 10.1. The molecular weight excluding hydrogens is 208 g/mol. The van der Waals surface area contributed by atoms with Crippen molar-refractivity contribution in [3.05, 3.63) is 41.4 Å². The smallest absolute Gasteiger partial charge is 0.103 e. The first kappa shape index (κ1) is 10.1. The van der Waals surface area contributed by atoms with E-state index in [0.29, 0.717) is 0 Å². The van der Waals surface area contributed by atoms with Crippen molar-refractivity contribution in [1.29, 1.82) is 0 Å². The summed E-state index contributed by atoms with van der Waals surface area (Å²) in [4.78, 5) is 0. The first-order valence-electron chi connectivity index (χ1n) is 4.94. The lowest BCUT2D eigenvalue weighted by molar-refractivity contribution is 0.788. The summed E-state index contributed by atoms with van der Waals surface area (Å²) in [5.41, 5.74) is 7.95. The third-order valence-corrected chi connectivity index (χ3v) is 2.81. The summed E-state index contributed by atoms with van der Waals surface area (Å²) >= 11 is 6.14. The minimum atomic E-state index is 0.755. The van der Waals surface area contributed by atoms with Gasteiger partial charge in [0.25, 0.3) is 0 Å². The average Bonchev–Trinajstić information content (AvgIpc) is 2.60. The van der Waals surface area contributed by atoms with Crippen molar-refractivity contribution in [1.82, 2.24) is 4.57 Å². The van der Waals surface area contributed by atoms with Gasteiger partial charge < -0.3 is 10.3 Å². The van der Waals surface area contributed by atoms with Crippen LogP contribution in [0.4, 0.5) is 5.82 Å². The Hall–Kier alpha value is -1.41. The van der Waals surface area contributed by atoms with E-state index >= 15 is 0 Å². The predicted molar refractivity (Wildman–Crippen MR) is 65.0 cm³/mol. The van der Waals surface area contributed by atoms with E-state index < -0.39 is 0 Å². The van der Waals surface area contributed by atoms with E-state index in [-0.39, 0.29) is 0 Å². The second kappa shape index (κ2) is 3.99. The van der Waals surface area contributed by atoms with E-state index in [1.165, 1.54) is 0 Å². The number of halogens is 1. The molecule has 2 aromatic rings. The summed E-state index contributed by atoms with van der Waals surface area (Å²) in [6, 6.07) is 11.7. The van der Waals surface area contributed by atoms with Crippen LogP contribution < -0.4 is 5.73 Å². The van der Waals surface area contributed by atoms with E-state index in [4.69, 9.17) is 17.3 Å². The topological polar surface area (TPSA) is 30.9 Å². The maximum atomic E-state index is 6.14. The minimum absolute atomic E-state index is 0.755. The Morgan fingerprint density at radius 3 is 2.60 bits per heavy atom. The van der Waals surface area contributed by atoms with E-state index in [9.17, 15) is 0 Å². The highest BCUT2D eigenvalue weighted by Crippen LogP contribution is 2.29. The lowest BCUT2D eigenvalue weighted by Crippen LogP contribution is -2.01. The predicted octanol–water partition coefficient (Wildman–Crippen LogP) is 3.41. The average molecular weight is 221 g/mol. The number of nitrogens with zero attached hydrogens (tertiary/aromatic N) is 1. The number of rotatable bonds is 2. The van der Waals surface area contributed by atoms with Gasteiger partial charge >= 0.3 is 0 Å². The Bertz CT molecular complexity index is 474. The van der Waals surface area contributed by atoms with Crippen molar-refractivity contribution in [2.75, 3.05) is 5.73 Å². The van der Waals surface area contributed by atoms with Crippen molar-refractivity contribution in [2.24, 2.45) is 0 Å².